The third-order valence-electron chi connectivity index (χ3n) is 4.31. The summed E-state index contributed by atoms with van der Waals surface area (Å²) in [6.07, 6.45) is 6.57. The normalized spacial score (nSPS) is 10.9. The number of aryl methyl sites for hydroxylation is 1. The van der Waals surface area contributed by atoms with E-state index in [1.807, 2.05) is 56.3 Å². The van der Waals surface area contributed by atoms with Gasteiger partial charge in [-0.05, 0) is 55.3 Å². The van der Waals surface area contributed by atoms with Crippen LogP contribution in [0.4, 0.5) is 0 Å². The predicted octanol–water partition coefficient (Wildman–Crippen LogP) is 4.69. The van der Waals surface area contributed by atoms with Crippen molar-refractivity contribution in [2.24, 2.45) is 7.05 Å². The van der Waals surface area contributed by atoms with Gasteiger partial charge < -0.3 is 14.2 Å². The summed E-state index contributed by atoms with van der Waals surface area (Å²) in [4.78, 5) is 12.1. The summed E-state index contributed by atoms with van der Waals surface area (Å²) >= 11 is 0. The molecular weight excluding hydrogens is 380 g/mol. The zero-order valence-electron chi connectivity index (χ0n) is 17.5. The lowest BCUT2D eigenvalue weighted by Crippen LogP contribution is -2.01. The number of ketones is 1. The molecule has 30 heavy (non-hydrogen) atoms. The minimum atomic E-state index is -0.0796. The van der Waals surface area contributed by atoms with Gasteiger partial charge in [0.1, 0.15) is 12.4 Å². The van der Waals surface area contributed by atoms with Crippen LogP contribution in [0.1, 0.15) is 35.3 Å². The van der Waals surface area contributed by atoms with E-state index in [2.05, 4.69) is 5.10 Å². The Bertz CT molecular complexity index is 1010. The standard InChI is InChI=1S/C24H26N2O4/c1-4-28-23-13-9-19(14-24(23)29-5-2)17-30-21-10-6-18(7-11-21)8-12-22(27)20-15-25-26(3)16-20/h6-16H,4-5,17H2,1-3H3/b12-8+. The minimum Gasteiger partial charge on any atom is -0.490 e. The highest BCUT2D eigenvalue weighted by Crippen LogP contribution is 2.29. The Balaban J connectivity index is 1.58. The highest BCUT2D eigenvalue weighted by Gasteiger charge is 2.07. The van der Waals surface area contributed by atoms with Crippen molar-refractivity contribution in [2.45, 2.75) is 20.5 Å². The Morgan fingerprint density at radius 3 is 2.40 bits per heavy atom. The predicted molar refractivity (Wildman–Crippen MR) is 116 cm³/mol. The average Bonchev–Trinajstić information content (AvgIpc) is 3.19. The van der Waals surface area contributed by atoms with Crippen LogP contribution in [0.2, 0.25) is 0 Å². The van der Waals surface area contributed by atoms with E-state index >= 15 is 0 Å². The molecule has 3 aromatic rings. The van der Waals surface area contributed by atoms with Crippen molar-refractivity contribution in [1.29, 1.82) is 0 Å². The largest absolute Gasteiger partial charge is 0.490 e. The number of rotatable bonds is 10. The first-order valence-electron chi connectivity index (χ1n) is 9.91. The van der Waals surface area contributed by atoms with Crippen LogP contribution in [0.15, 0.2) is 60.9 Å². The number of hydrogen-bond acceptors (Lipinski definition) is 5. The molecular formula is C24H26N2O4. The molecule has 0 amide bonds. The first kappa shape index (κ1) is 21.2. The number of allylic oxidation sites excluding steroid dienone is 1. The molecule has 0 saturated heterocycles. The summed E-state index contributed by atoms with van der Waals surface area (Å²) in [5.74, 6) is 2.13. The molecule has 3 rings (SSSR count). The Morgan fingerprint density at radius 1 is 1.00 bits per heavy atom. The van der Waals surface area contributed by atoms with Gasteiger partial charge in [0, 0.05) is 13.2 Å². The zero-order chi connectivity index (χ0) is 21.3. The monoisotopic (exact) mass is 406 g/mol. The second-order valence-electron chi connectivity index (χ2n) is 6.61. The number of aromatic nitrogens is 2. The van der Waals surface area contributed by atoms with E-state index < -0.39 is 0 Å². The van der Waals surface area contributed by atoms with Gasteiger partial charge in [0.2, 0.25) is 0 Å². The van der Waals surface area contributed by atoms with E-state index in [0.717, 1.165) is 28.4 Å². The van der Waals surface area contributed by atoms with Gasteiger partial charge in [0.15, 0.2) is 17.3 Å². The van der Waals surface area contributed by atoms with Gasteiger partial charge in [-0.15, -0.1) is 0 Å². The number of nitrogens with zero attached hydrogens (tertiary/aromatic N) is 2. The molecule has 0 unspecified atom stereocenters. The number of carbonyl (C=O) groups excluding carboxylic acids is 1. The quantitative estimate of drug-likeness (QED) is 0.361. The lowest BCUT2D eigenvalue weighted by molar-refractivity contribution is 0.104. The molecule has 0 spiro atoms. The fourth-order valence-electron chi connectivity index (χ4n) is 2.84. The topological polar surface area (TPSA) is 62.6 Å². The van der Waals surface area contributed by atoms with Crippen LogP contribution < -0.4 is 14.2 Å². The van der Waals surface area contributed by atoms with Crippen LogP contribution in [0, 0.1) is 0 Å². The lowest BCUT2D eigenvalue weighted by atomic mass is 10.1. The SMILES string of the molecule is CCOc1ccc(COc2ccc(/C=C/C(=O)c3cnn(C)c3)cc2)cc1OCC. The lowest BCUT2D eigenvalue weighted by Gasteiger charge is -2.13. The van der Waals surface area contributed by atoms with Gasteiger partial charge in [-0.2, -0.15) is 5.10 Å². The highest BCUT2D eigenvalue weighted by molar-refractivity contribution is 6.06. The third-order valence-corrected chi connectivity index (χ3v) is 4.31. The summed E-state index contributed by atoms with van der Waals surface area (Å²) in [6, 6.07) is 13.4. The van der Waals surface area contributed by atoms with E-state index in [0.29, 0.717) is 25.4 Å². The molecule has 6 heteroatoms. The number of carbonyl (C=O) groups is 1. The zero-order valence-corrected chi connectivity index (χ0v) is 17.5. The van der Waals surface area contributed by atoms with Crippen molar-refractivity contribution in [1.82, 2.24) is 9.78 Å². The van der Waals surface area contributed by atoms with Crippen LogP contribution in [-0.4, -0.2) is 28.8 Å². The number of hydrogen-bond donors (Lipinski definition) is 0. The summed E-state index contributed by atoms with van der Waals surface area (Å²) in [5.41, 5.74) is 2.47. The van der Waals surface area contributed by atoms with E-state index in [1.54, 1.807) is 36.3 Å². The average molecular weight is 406 g/mol. The smallest absolute Gasteiger partial charge is 0.189 e. The van der Waals surface area contributed by atoms with Crippen molar-refractivity contribution in [3.63, 3.8) is 0 Å². The van der Waals surface area contributed by atoms with Crippen LogP contribution >= 0.6 is 0 Å². The maximum absolute atomic E-state index is 12.1. The third kappa shape index (κ3) is 5.73. The van der Waals surface area contributed by atoms with Gasteiger partial charge in [0.05, 0.1) is 25.0 Å². The van der Waals surface area contributed by atoms with Gasteiger partial charge in [0.25, 0.3) is 0 Å². The minimum absolute atomic E-state index is 0.0796. The van der Waals surface area contributed by atoms with E-state index in [1.165, 1.54) is 0 Å². The van der Waals surface area contributed by atoms with Crippen molar-refractivity contribution < 1.29 is 19.0 Å². The van der Waals surface area contributed by atoms with Gasteiger partial charge in [-0.1, -0.05) is 24.3 Å². The van der Waals surface area contributed by atoms with Gasteiger partial charge >= 0.3 is 0 Å². The fraction of sp³-hybridized carbons (Fsp3) is 0.250. The Hall–Kier alpha value is -3.54. The fourth-order valence-corrected chi connectivity index (χ4v) is 2.84. The molecule has 0 radical (unpaired) electrons. The van der Waals surface area contributed by atoms with E-state index in [9.17, 15) is 4.79 Å². The molecule has 156 valence electrons. The first-order valence-corrected chi connectivity index (χ1v) is 9.91. The number of benzene rings is 2. The molecule has 2 aromatic carbocycles. The van der Waals surface area contributed by atoms with E-state index in [-0.39, 0.29) is 5.78 Å². The van der Waals surface area contributed by atoms with Gasteiger partial charge in [-0.25, -0.2) is 0 Å². The second-order valence-corrected chi connectivity index (χ2v) is 6.61. The van der Waals surface area contributed by atoms with Crippen LogP contribution in [0.3, 0.4) is 0 Å². The van der Waals surface area contributed by atoms with Crippen LogP contribution in [0.5, 0.6) is 17.2 Å². The van der Waals surface area contributed by atoms with Crippen molar-refractivity contribution >= 4 is 11.9 Å². The molecule has 0 N–H and O–H groups in total. The highest BCUT2D eigenvalue weighted by atomic mass is 16.5. The van der Waals surface area contributed by atoms with Crippen molar-refractivity contribution in [2.75, 3.05) is 13.2 Å². The summed E-state index contributed by atoms with van der Waals surface area (Å²) in [6.45, 7) is 5.47. The molecule has 0 saturated carbocycles. The maximum atomic E-state index is 12.1. The van der Waals surface area contributed by atoms with Crippen LogP contribution in [0.25, 0.3) is 6.08 Å². The Morgan fingerprint density at radius 2 is 1.73 bits per heavy atom. The molecule has 1 aromatic heterocycles. The molecule has 0 fully saturated rings. The maximum Gasteiger partial charge on any atom is 0.189 e. The molecule has 0 aliphatic carbocycles. The van der Waals surface area contributed by atoms with Crippen LogP contribution in [-0.2, 0) is 13.7 Å². The molecule has 1 heterocycles. The molecule has 0 bridgehead atoms. The number of ether oxygens (including phenoxy) is 3. The second kappa shape index (κ2) is 10.3. The van der Waals surface area contributed by atoms with Gasteiger partial charge in [-0.3, -0.25) is 9.48 Å². The molecule has 0 aliphatic rings. The summed E-state index contributed by atoms with van der Waals surface area (Å²) < 4.78 is 18.7. The van der Waals surface area contributed by atoms with Crippen molar-refractivity contribution in [3.8, 4) is 17.2 Å². The summed E-state index contributed by atoms with van der Waals surface area (Å²) in [7, 11) is 1.78. The Kier molecular flexibility index (Phi) is 7.27. The molecule has 0 atom stereocenters. The molecule has 6 nitrogen and oxygen atoms in total. The summed E-state index contributed by atoms with van der Waals surface area (Å²) in [5, 5.41) is 4.01. The van der Waals surface area contributed by atoms with E-state index in [4.69, 9.17) is 14.2 Å². The first-order chi connectivity index (χ1) is 14.6. The van der Waals surface area contributed by atoms with Crippen molar-refractivity contribution in [3.05, 3.63) is 77.6 Å². The molecule has 0 aliphatic heterocycles. The Labute approximate surface area is 176 Å².